The lowest BCUT2D eigenvalue weighted by atomic mass is 9.87. The minimum atomic E-state index is 0.297. The van der Waals surface area contributed by atoms with Gasteiger partial charge in [0.15, 0.2) is 5.65 Å². The van der Waals surface area contributed by atoms with Crippen molar-refractivity contribution in [3.8, 4) is 0 Å². The summed E-state index contributed by atoms with van der Waals surface area (Å²) >= 11 is 0. The third-order valence-corrected chi connectivity index (χ3v) is 2.17. The molecule has 2 rings (SSSR count). The minimum Gasteiger partial charge on any atom is -0.261 e. The van der Waals surface area contributed by atoms with E-state index in [0.29, 0.717) is 5.41 Å². The predicted molar refractivity (Wildman–Crippen MR) is 57.0 cm³/mol. The van der Waals surface area contributed by atoms with Gasteiger partial charge in [0, 0.05) is 11.6 Å². The molecule has 0 saturated carbocycles. The predicted octanol–water partition coefficient (Wildman–Crippen LogP) is 2.55. The van der Waals surface area contributed by atoms with Gasteiger partial charge in [-0.15, -0.1) is 0 Å². The average Bonchev–Trinajstić information content (AvgIpc) is 2.49. The summed E-state index contributed by atoms with van der Waals surface area (Å²) in [5, 5.41) is 8.03. The van der Waals surface area contributed by atoms with Crippen LogP contribution in [0.15, 0.2) is 18.5 Å². The van der Waals surface area contributed by atoms with Crippen LogP contribution in [-0.4, -0.2) is 15.2 Å². The molecule has 0 atom stereocenters. The third-order valence-electron chi connectivity index (χ3n) is 2.17. The van der Waals surface area contributed by atoms with Crippen LogP contribution in [0.5, 0.6) is 0 Å². The van der Waals surface area contributed by atoms with Crippen LogP contribution in [0.4, 0.5) is 0 Å². The first kappa shape index (κ1) is 9.19. The quantitative estimate of drug-likeness (QED) is 0.749. The summed E-state index contributed by atoms with van der Waals surface area (Å²) in [7, 11) is 0. The topological polar surface area (TPSA) is 41.6 Å². The van der Waals surface area contributed by atoms with E-state index in [1.54, 1.807) is 0 Å². The van der Waals surface area contributed by atoms with E-state index in [1.807, 2.05) is 12.4 Å². The lowest BCUT2D eigenvalue weighted by Gasteiger charge is -2.18. The number of hydrogen-bond acceptors (Lipinski definition) is 2. The highest BCUT2D eigenvalue weighted by Crippen LogP contribution is 2.24. The first-order chi connectivity index (χ1) is 6.56. The van der Waals surface area contributed by atoms with E-state index in [2.05, 4.69) is 42.0 Å². The summed E-state index contributed by atoms with van der Waals surface area (Å²) < 4.78 is 0. The molecule has 0 aromatic carbocycles. The highest BCUT2D eigenvalue weighted by atomic mass is 15.1. The van der Waals surface area contributed by atoms with Gasteiger partial charge in [0.2, 0.25) is 0 Å². The van der Waals surface area contributed by atoms with Crippen molar-refractivity contribution in [3.63, 3.8) is 0 Å². The summed E-state index contributed by atoms with van der Waals surface area (Å²) in [5.41, 5.74) is 2.49. The van der Waals surface area contributed by atoms with E-state index in [0.717, 1.165) is 17.5 Å². The summed E-state index contributed by atoms with van der Waals surface area (Å²) in [4.78, 5) is 4.21. The van der Waals surface area contributed by atoms with E-state index < -0.39 is 0 Å². The molecule has 0 amide bonds. The Morgan fingerprint density at radius 2 is 2.14 bits per heavy atom. The van der Waals surface area contributed by atoms with Crippen LogP contribution in [0.25, 0.3) is 11.0 Å². The van der Waals surface area contributed by atoms with Crippen molar-refractivity contribution in [1.82, 2.24) is 15.2 Å². The highest BCUT2D eigenvalue weighted by Gasteiger charge is 2.13. The minimum absolute atomic E-state index is 0.297. The van der Waals surface area contributed by atoms with Gasteiger partial charge in [-0.05, 0) is 23.5 Å². The van der Waals surface area contributed by atoms with Crippen molar-refractivity contribution in [2.24, 2.45) is 5.41 Å². The zero-order chi connectivity index (χ0) is 10.2. The third kappa shape index (κ3) is 1.76. The fraction of sp³-hybridized carbons (Fsp3) is 0.455. The van der Waals surface area contributed by atoms with Crippen LogP contribution in [0.2, 0.25) is 0 Å². The molecule has 0 radical (unpaired) electrons. The molecule has 1 N–H and O–H groups in total. The second-order valence-electron chi connectivity index (χ2n) is 4.84. The van der Waals surface area contributed by atoms with Crippen LogP contribution in [0, 0.1) is 5.41 Å². The summed E-state index contributed by atoms with van der Waals surface area (Å²) in [6, 6.07) is 2.07. The molecule has 0 fully saturated rings. The Kier molecular flexibility index (Phi) is 2.02. The maximum atomic E-state index is 4.21. The first-order valence-corrected chi connectivity index (χ1v) is 4.83. The Morgan fingerprint density at radius 1 is 1.36 bits per heavy atom. The Balaban J connectivity index is 2.46. The fourth-order valence-electron chi connectivity index (χ4n) is 1.63. The molecule has 2 aromatic heterocycles. The van der Waals surface area contributed by atoms with Crippen molar-refractivity contribution in [2.45, 2.75) is 27.2 Å². The monoisotopic (exact) mass is 189 g/mol. The van der Waals surface area contributed by atoms with Gasteiger partial charge in [0.25, 0.3) is 0 Å². The number of aromatic amines is 1. The molecular weight excluding hydrogens is 174 g/mol. The molecule has 0 bridgehead atoms. The fourth-order valence-corrected chi connectivity index (χ4v) is 1.63. The Morgan fingerprint density at radius 3 is 2.86 bits per heavy atom. The van der Waals surface area contributed by atoms with Gasteiger partial charge < -0.3 is 0 Å². The molecule has 0 unspecified atom stereocenters. The number of aromatic nitrogens is 3. The Labute approximate surface area is 83.6 Å². The molecule has 14 heavy (non-hydrogen) atoms. The standard InChI is InChI=1S/C11H15N3/c1-11(2,3)6-8-4-5-12-10-9(8)7-13-14-10/h4-5,7H,6H2,1-3H3,(H,12,13,14). The molecule has 0 spiro atoms. The summed E-state index contributed by atoms with van der Waals surface area (Å²) in [6.45, 7) is 6.71. The van der Waals surface area contributed by atoms with Crippen molar-refractivity contribution < 1.29 is 0 Å². The number of nitrogens with zero attached hydrogens (tertiary/aromatic N) is 2. The van der Waals surface area contributed by atoms with Crippen LogP contribution in [0.3, 0.4) is 0 Å². The molecular formula is C11H15N3. The Bertz CT molecular complexity index is 437. The summed E-state index contributed by atoms with van der Waals surface area (Å²) in [5.74, 6) is 0. The number of nitrogens with one attached hydrogen (secondary N) is 1. The van der Waals surface area contributed by atoms with Crippen molar-refractivity contribution >= 4 is 11.0 Å². The molecule has 0 aliphatic rings. The number of hydrogen-bond donors (Lipinski definition) is 1. The van der Waals surface area contributed by atoms with E-state index in [-0.39, 0.29) is 0 Å². The largest absolute Gasteiger partial charge is 0.261 e. The number of pyridine rings is 1. The second-order valence-corrected chi connectivity index (χ2v) is 4.84. The first-order valence-electron chi connectivity index (χ1n) is 4.83. The van der Waals surface area contributed by atoms with E-state index in [9.17, 15) is 0 Å². The van der Waals surface area contributed by atoms with Gasteiger partial charge in [0.1, 0.15) is 0 Å². The number of H-pyrrole nitrogens is 1. The molecule has 2 heterocycles. The average molecular weight is 189 g/mol. The maximum Gasteiger partial charge on any atom is 0.155 e. The molecule has 74 valence electrons. The van der Waals surface area contributed by atoms with Gasteiger partial charge in [-0.3, -0.25) is 5.10 Å². The molecule has 2 aromatic rings. The number of rotatable bonds is 1. The van der Waals surface area contributed by atoms with Crippen LogP contribution in [0.1, 0.15) is 26.3 Å². The second kappa shape index (κ2) is 3.08. The lowest BCUT2D eigenvalue weighted by Crippen LogP contribution is -2.09. The smallest absolute Gasteiger partial charge is 0.155 e. The van der Waals surface area contributed by atoms with Crippen molar-refractivity contribution in [3.05, 3.63) is 24.0 Å². The molecule has 3 heteroatoms. The van der Waals surface area contributed by atoms with E-state index in [1.165, 1.54) is 5.56 Å². The van der Waals surface area contributed by atoms with Crippen LogP contribution < -0.4 is 0 Å². The SMILES string of the molecule is CC(C)(C)Cc1ccnc2[nH]ncc12. The summed E-state index contributed by atoms with van der Waals surface area (Å²) in [6.07, 6.45) is 4.73. The highest BCUT2D eigenvalue weighted by molar-refractivity contribution is 5.77. The van der Waals surface area contributed by atoms with Gasteiger partial charge in [0.05, 0.1) is 6.20 Å². The molecule has 0 aliphatic carbocycles. The van der Waals surface area contributed by atoms with Gasteiger partial charge in [-0.25, -0.2) is 4.98 Å². The van der Waals surface area contributed by atoms with Crippen molar-refractivity contribution in [1.29, 1.82) is 0 Å². The molecule has 0 aliphatic heterocycles. The van der Waals surface area contributed by atoms with Gasteiger partial charge in [-0.1, -0.05) is 20.8 Å². The van der Waals surface area contributed by atoms with E-state index >= 15 is 0 Å². The van der Waals surface area contributed by atoms with Gasteiger partial charge in [-0.2, -0.15) is 5.10 Å². The maximum absolute atomic E-state index is 4.21. The van der Waals surface area contributed by atoms with Crippen LogP contribution >= 0.6 is 0 Å². The molecule has 0 saturated heterocycles. The Hall–Kier alpha value is -1.38. The van der Waals surface area contributed by atoms with Crippen LogP contribution in [-0.2, 0) is 6.42 Å². The van der Waals surface area contributed by atoms with Crippen molar-refractivity contribution in [2.75, 3.05) is 0 Å². The molecule has 3 nitrogen and oxygen atoms in total. The number of fused-ring (bicyclic) bond motifs is 1. The van der Waals surface area contributed by atoms with Gasteiger partial charge >= 0.3 is 0 Å². The lowest BCUT2D eigenvalue weighted by molar-refractivity contribution is 0.412. The van der Waals surface area contributed by atoms with E-state index in [4.69, 9.17) is 0 Å². The zero-order valence-corrected chi connectivity index (χ0v) is 8.83. The zero-order valence-electron chi connectivity index (χ0n) is 8.83. The normalized spacial score (nSPS) is 12.2.